The molecule has 0 aliphatic rings. The third-order valence-electron chi connectivity index (χ3n) is 3.76. The van der Waals surface area contributed by atoms with Gasteiger partial charge in [0, 0.05) is 0 Å². The van der Waals surface area contributed by atoms with Gasteiger partial charge in [-0.25, -0.2) is 9.24 Å². The van der Waals surface area contributed by atoms with E-state index in [1.54, 1.807) is 14.1 Å². The van der Waals surface area contributed by atoms with Crippen molar-refractivity contribution in [3.63, 3.8) is 0 Å². The smallest absolute Gasteiger partial charge is 0.312 e. The van der Waals surface area contributed by atoms with Gasteiger partial charge >= 0.3 is 7.75 Å². The lowest BCUT2D eigenvalue weighted by Gasteiger charge is -2.17. The minimum Gasteiger partial charge on any atom is -0.312 e. The van der Waals surface area contributed by atoms with Crippen molar-refractivity contribution in [2.24, 2.45) is 0 Å². The molecule has 1 N–H and O–H groups in total. The number of nitrogens with zero attached hydrogens (tertiary/aromatic N) is 1. The first-order valence-corrected chi connectivity index (χ1v) is 10.2. The van der Waals surface area contributed by atoms with Gasteiger partial charge in [-0.3, -0.25) is 4.52 Å². The van der Waals surface area contributed by atoms with E-state index in [1.165, 1.54) is 68.9 Å². The summed E-state index contributed by atoms with van der Waals surface area (Å²) >= 11 is 0. The Morgan fingerprint density at radius 3 is 1.57 bits per heavy atom. The Morgan fingerprint density at radius 1 is 0.810 bits per heavy atom. The molecule has 0 radical (unpaired) electrons. The molecule has 0 amide bonds. The van der Waals surface area contributed by atoms with Crippen LogP contribution in [-0.4, -0.2) is 30.3 Å². The van der Waals surface area contributed by atoms with Crippen molar-refractivity contribution in [3.05, 3.63) is 0 Å². The number of unbranched alkanes of at least 4 members (excludes halogenated alkanes) is 11. The van der Waals surface area contributed by atoms with Crippen LogP contribution in [0.5, 0.6) is 0 Å². The fourth-order valence-electron chi connectivity index (χ4n) is 2.24. The molecule has 1 atom stereocenters. The molecule has 0 fully saturated rings. The molecule has 0 bridgehead atoms. The Kier molecular flexibility index (Phi) is 13.8. The maximum Gasteiger partial charge on any atom is 0.405 e. The van der Waals surface area contributed by atoms with Gasteiger partial charge in [-0.1, -0.05) is 77.6 Å². The van der Waals surface area contributed by atoms with Gasteiger partial charge in [0.15, 0.2) is 0 Å². The van der Waals surface area contributed by atoms with E-state index < -0.39 is 7.75 Å². The highest BCUT2D eigenvalue weighted by Crippen LogP contribution is 2.43. The molecule has 0 aliphatic carbocycles. The minimum atomic E-state index is -3.51. The summed E-state index contributed by atoms with van der Waals surface area (Å²) in [5, 5.41) is 0. The average molecular weight is 321 g/mol. The first-order valence-electron chi connectivity index (χ1n) is 8.66. The molecule has 5 heteroatoms. The molecule has 21 heavy (non-hydrogen) atoms. The fourth-order valence-corrected chi connectivity index (χ4v) is 2.84. The van der Waals surface area contributed by atoms with Crippen molar-refractivity contribution in [1.29, 1.82) is 0 Å². The maximum atomic E-state index is 11.5. The van der Waals surface area contributed by atoms with Crippen molar-refractivity contribution in [3.8, 4) is 0 Å². The average Bonchev–Trinajstić information content (AvgIpc) is 2.43. The molecule has 0 aromatic rings. The van der Waals surface area contributed by atoms with Crippen LogP contribution in [0, 0.1) is 0 Å². The Labute approximate surface area is 131 Å². The van der Waals surface area contributed by atoms with Crippen molar-refractivity contribution in [2.75, 3.05) is 20.7 Å². The van der Waals surface area contributed by atoms with Gasteiger partial charge in [-0.05, 0) is 20.5 Å². The van der Waals surface area contributed by atoms with Crippen LogP contribution in [-0.2, 0) is 9.09 Å². The standard InChI is InChI=1S/C16H36NO3P/c1-4-5-6-7-8-9-10-11-12-13-14-15-16-20-21(18,19)17(2)3/h4-16H2,1-3H3,(H,18,19). The van der Waals surface area contributed by atoms with Crippen LogP contribution in [0.15, 0.2) is 0 Å². The predicted octanol–water partition coefficient (Wildman–Crippen LogP) is 5.37. The quantitative estimate of drug-likeness (QED) is 0.325. The topological polar surface area (TPSA) is 49.8 Å². The Balaban J connectivity index is 3.18. The van der Waals surface area contributed by atoms with Gasteiger partial charge in [0.2, 0.25) is 0 Å². The molecule has 0 saturated heterocycles. The maximum absolute atomic E-state index is 11.5. The molecule has 0 aliphatic heterocycles. The molecule has 1 unspecified atom stereocenters. The van der Waals surface area contributed by atoms with Crippen LogP contribution in [0.25, 0.3) is 0 Å². The second-order valence-corrected chi connectivity index (χ2v) is 8.10. The second-order valence-electron chi connectivity index (χ2n) is 6.06. The summed E-state index contributed by atoms with van der Waals surface area (Å²) in [5.41, 5.74) is 0. The lowest BCUT2D eigenvalue weighted by molar-refractivity contribution is 0.217. The first kappa shape index (κ1) is 21.1. The molecule has 0 aromatic heterocycles. The fraction of sp³-hybridized carbons (Fsp3) is 1.00. The minimum absolute atomic E-state index is 0.378. The van der Waals surface area contributed by atoms with Crippen molar-refractivity contribution >= 4 is 7.75 Å². The van der Waals surface area contributed by atoms with Crippen molar-refractivity contribution in [2.45, 2.75) is 84.0 Å². The second kappa shape index (κ2) is 13.8. The van der Waals surface area contributed by atoms with Crippen LogP contribution in [0.3, 0.4) is 0 Å². The molecule has 0 spiro atoms. The van der Waals surface area contributed by atoms with Gasteiger partial charge in [0.1, 0.15) is 0 Å². The predicted molar refractivity (Wildman–Crippen MR) is 90.5 cm³/mol. The van der Waals surface area contributed by atoms with Crippen LogP contribution in [0.1, 0.15) is 84.0 Å². The molecule has 0 rings (SSSR count). The third-order valence-corrected chi connectivity index (χ3v) is 5.29. The molecule has 0 heterocycles. The lowest BCUT2D eigenvalue weighted by Crippen LogP contribution is -2.10. The van der Waals surface area contributed by atoms with E-state index in [1.807, 2.05) is 0 Å². The summed E-state index contributed by atoms with van der Waals surface area (Å²) in [6, 6.07) is 0. The van der Waals surface area contributed by atoms with Crippen LogP contribution in [0.4, 0.5) is 0 Å². The SMILES string of the molecule is CCCCCCCCCCCCCCOP(=O)(O)N(C)C. The Morgan fingerprint density at radius 2 is 1.19 bits per heavy atom. The van der Waals surface area contributed by atoms with E-state index in [0.717, 1.165) is 12.8 Å². The summed E-state index contributed by atoms with van der Waals surface area (Å²) in [5.74, 6) is 0. The zero-order valence-electron chi connectivity index (χ0n) is 14.4. The number of hydrogen-bond acceptors (Lipinski definition) is 2. The summed E-state index contributed by atoms with van der Waals surface area (Å²) in [6.07, 6.45) is 15.4. The molecule has 0 aromatic carbocycles. The highest BCUT2D eigenvalue weighted by atomic mass is 31.2. The number of rotatable bonds is 15. The lowest BCUT2D eigenvalue weighted by atomic mass is 10.1. The third kappa shape index (κ3) is 13.5. The Bertz CT molecular complexity index is 272. The highest BCUT2D eigenvalue weighted by Gasteiger charge is 2.21. The van der Waals surface area contributed by atoms with E-state index >= 15 is 0 Å². The van der Waals surface area contributed by atoms with E-state index in [0.29, 0.717) is 6.61 Å². The van der Waals surface area contributed by atoms with Gasteiger partial charge in [-0.15, -0.1) is 0 Å². The highest BCUT2D eigenvalue weighted by molar-refractivity contribution is 7.50. The summed E-state index contributed by atoms with van der Waals surface area (Å²) in [4.78, 5) is 9.43. The molecule has 128 valence electrons. The van der Waals surface area contributed by atoms with Gasteiger partial charge in [0.05, 0.1) is 6.61 Å². The van der Waals surface area contributed by atoms with Crippen molar-refractivity contribution < 1.29 is 14.0 Å². The van der Waals surface area contributed by atoms with Gasteiger partial charge in [-0.2, -0.15) is 0 Å². The molecule has 0 saturated carbocycles. The van der Waals surface area contributed by atoms with E-state index in [2.05, 4.69) is 6.92 Å². The summed E-state index contributed by atoms with van der Waals surface area (Å²) in [6.45, 7) is 2.63. The number of hydrogen-bond donors (Lipinski definition) is 1. The zero-order valence-corrected chi connectivity index (χ0v) is 15.2. The van der Waals surface area contributed by atoms with Crippen LogP contribution >= 0.6 is 7.75 Å². The van der Waals surface area contributed by atoms with E-state index in [4.69, 9.17) is 4.52 Å². The van der Waals surface area contributed by atoms with Gasteiger partial charge in [0.25, 0.3) is 0 Å². The van der Waals surface area contributed by atoms with Crippen LogP contribution in [0.2, 0.25) is 0 Å². The van der Waals surface area contributed by atoms with Crippen LogP contribution < -0.4 is 0 Å². The first-order chi connectivity index (χ1) is 10.0. The Hall–Kier alpha value is 0.110. The largest absolute Gasteiger partial charge is 0.405 e. The van der Waals surface area contributed by atoms with Crippen molar-refractivity contribution in [1.82, 2.24) is 4.67 Å². The molecular formula is C16H36NO3P. The summed E-state index contributed by atoms with van der Waals surface area (Å²) < 4.78 is 17.7. The zero-order chi connectivity index (χ0) is 16.0. The summed E-state index contributed by atoms with van der Waals surface area (Å²) in [7, 11) is -0.396. The molecular weight excluding hydrogens is 285 g/mol. The van der Waals surface area contributed by atoms with E-state index in [-0.39, 0.29) is 0 Å². The van der Waals surface area contributed by atoms with E-state index in [9.17, 15) is 9.46 Å². The monoisotopic (exact) mass is 321 g/mol. The molecule has 4 nitrogen and oxygen atoms in total. The normalized spacial score (nSPS) is 14.5. The van der Waals surface area contributed by atoms with Gasteiger partial charge < -0.3 is 4.89 Å².